The number of nitrogens with two attached hydrogens (primary N) is 1. The largest absolute Gasteiger partial charge is 0.368 e. The molecule has 156 valence electrons. The second kappa shape index (κ2) is 9.26. The van der Waals surface area contributed by atoms with Gasteiger partial charge < -0.3 is 11.1 Å². The van der Waals surface area contributed by atoms with Gasteiger partial charge in [-0.3, -0.25) is 14.5 Å². The zero-order chi connectivity index (χ0) is 21.1. The van der Waals surface area contributed by atoms with Gasteiger partial charge in [0.05, 0.1) is 27.4 Å². The minimum atomic E-state index is -0.291. The number of benzene rings is 1. The van der Waals surface area contributed by atoms with E-state index in [0.29, 0.717) is 10.9 Å². The van der Waals surface area contributed by atoms with Crippen LogP contribution in [0.1, 0.15) is 24.1 Å². The topological polar surface area (TPSA) is 88.3 Å². The summed E-state index contributed by atoms with van der Waals surface area (Å²) in [5, 5.41) is 5.76. The highest BCUT2D eigenvalue weighted by Gasteiger charge is 2.29. The number of hydrogen-bond donors (Lipinski definition) is 2. The fourth-order valence-corrected chi connectivity index (χ4v) is 5.56. The van der Waals surface area contributed by atoms with Crippen LogP contribution in [0.4, 0.5) is 5.69 Å². The highest BCUT2D eigenvalue weighted by Crippen LogP contribution is 2.33. The maximum Gasteiger partial charge on any atom is 0.234 e. The first-order valence-electron chi connectivity index (χ1n) is 9.61. The molecule has 0 aliphatic carbocycles. The van der Waals surface area contributed by atoms with Gasteiger partial charge in [-0.2, -0.15) is 0 Å². The Morgan fingerprint density at radius 2 is 2.10 bits per heavy atom. The van der Waals surface area contributed by atoms with Crippen LogP contribution in [-0.4, -0.2) is 34.3 Å². The van der Waals surface area contributed by atoms with E-state index in [1.165, 1.54) is 22.7 Å². The summed E-state index contributed by atoms with van der Waals surface area (Å²) in [6, 6.07) is 11.2. The monoisotopic (exact) mass is 460 g/mol. The van der Waals surface area contributed by atoms with Crippen molar-refractivity contribution in [3.63, 3.8) is 0 Å². The number of para-hydroxylation sites is 1. The molecule has 0 radical (unpaired) electrons. The van der Waals surface area contributed by atoms with E-state index in [2.05, 4.69) is 15.2 Å². The zero-order valence-corrected chi connectivity index (χ0v) is 18.5. The molecule has 1 aliphatic heterocycles. The number of thiophene rings is 1. The van der Waals surface area contributed by atoms with E-state index in [0.717, 1.165) is 46.2 Å². The van der Waals surface area contributed by atoms with Crippen molar-refractivity contribution in [1.29, 1.82) is 0 Å². The predicted octanol–water partition coefficient (Wildman–Crippen LogP) is 4.16. The predicted molar refractivity (Wildman–Crippen MR) is 122 cm³/mol. The van der Waals surface area contributed by atoms with Crippen LogP contribution in [0.25, 0.3) is 9.88 Å². The molecular weight excluding hydrogens is 440 g/mol. The van der Waals surface area contributed by atoms with Gasteiger partial charge in [0.25, 0.3) is 0 Å². The lowest BCUT2D eigenvalue weighted by atomic mass is 10.1. The Balaban J connectivity index is 1.41. The van der Waals surface area contributed by atoms with Crippen molar-refractivity contribution in [3.05, 3.63) is 57.4 Å². The third-order valence-corrected chi connectivity index (χ3v) is 7.33. The number of carbonyl (C=O) groups is 2. The molecule has 1 aromatic carbocycles. The number of hydrogen-bond acceptors (Lipinski definition) is 6. The number of aromatic nitrogens is 1. The summed E-state index contributed by atoms with van der Waals surface area (Å²) >= 11 is 8.97. The first-order valence-corrected chi connectivity index (χ1v) is 11.7. The van der Waals surface area contributed by atoms with Gasteiger partial charge in [-0.1, -0.05) is 29.8 Å². The summed E-state index contributed by atoms with van der Waals surface area (Å²) in [4.78, 5) is 31.9. The van der Waals surface area contributed by atoms with E-state index >= 15 is 0 Å². The zero-order valence-electron chi connectivity index (χ0n) is 16.1. The average Bonchev–Trinajstić information content (AvgIpc) is 3.44. The van der Waals surface area contributed by atoms with Gasteiger partial charge in [-0.15, -0.1) is 22.7 Å². The molecule has 3 aromatic rings. The number of anilines is 1. The summed E-state index contributed by atoms with van der Waals surface area (Å²) in [5.41, 5.74) is 7.97. The number of nitrogens with zero attached hydrogens (tertiary/aromatic N) is 2. The molecular formula is C21H21ClN4O2S2. The Labute approximate surface area is 187 Å². The molecule has 1 atom stereocenters. The number of carbonyl (C=O) groups excluding carboxylic acids is 2. The molecule has 1 saturated heterocycles. The fourth-order valence-electron chi connectivity index (χ4n) is 3.63. The second-order valence-corrected chi connectivity index (χ2v) is 9.73. The summed E-state index contributed by atoms with van der Waals surface area (Å²) in [6.45, 7) is 1.40. The standard InChI is InChI=1S/C21H21ClN4O2S2/c22-18-8-7-17(30-18)21-24-14(12-29-21)10-19(27)25-15-5-2-1-4-13(15)11-26-9-3-6-16(26)20(23)28/h1-2,4-5,7-8,12,16H,3,6,9-11H2,(H2,23,28)(H,25,27). The number of primary amides is 1. The fraction of sp³-hybridized carbons (Fsp3) is 0.286. The minimum absolute atomic E-state index is 0.128. The molecule has 9 heteroatoms. The van der Waals surface area contributed by atoms with E-state index in [4.69, 9.17) is 17.3 Å². The molecule has 2 amide bonds. The lowest BCUT2D eigenvalue weighted by Crippen LogP contribution is -2.39. The molecule has 2 aromatic heterocycles. The first-order chi connectivity index (χ1) is 14.5. The summed E-state index contributed by atoms with van der Waals surface area (Å²) < 4.78 is 0.715. The van der Waals surface area contributed by atoms with Gasteiger partial charge in [0, 0.05) is 17.6 Å². The Kier molecular flexibility index (Phi) is 6.48. The average molecular weight is 461 g/mol. The van der Waals surface area contributed by atoms with Crippen LogP contribution >= 0.6 is 34.3 Å². The maximum absolute atomic E-state index is 12.6. The maximum atomic E-state index is 12.6. The van der Waals surface area contributed by atoms with Gasteiger partial charge in [-0.05, 0) is 43.1 Å². The van der Waals surface area contributed by atoms with Crippen molar-refractivity contribution >= 4 is 51.8 Å². The number of halogens is 1. The molecule has 0 saturated carbocycles. The molecule has 3 N–H and O–H groups in total. The van der Waals surface area contributed by atoms with Crippen LogP contribution in [-0.2, 0) is 22.6 Å². The molecule has 30 heavy (non-hydrogen) atoms. The van der Waals surface area contributed by atoms with Crippen LogP contribution in [0, 0.1) is 0 Å². The van der Waals surface area contributed by atoms with Crippen LogP contribution < -0.4 is 11.1 Å². The quantitative estimate of drug-likeness (QED) is 0.554. The van der Waals surface area contributed by atoms with Crippen LogP contribution in [0.5, 0.6) is 0 Å². The molecule has 1 fully saturated rings. The number of likely N-dealkylation sites (tertiary alicyclic amines) is 1. The van der Waals surface area contributed by atoms with E-state index in [-0.39, 0.29) is 24.3 Å². The van der Waals surface area contributed by atoms with Crippen molar-refractivity contribution < 1.29 is 9.59 Å². The van der Waals surface area contributed by atoms with Crippen LogP contribution in [0.2, 0.25) is 4.34 Å². The highest BCUT2D eigenvalue weighted by atomic mass is 35.5. The SMILES string of the molecule is NC(=O)C1CCCN1Cc1ccccc1NC(=O)Cc1csc(-c2ccc(Cl)s2)n1. The van der Waals surface area contributed by atoms with Crippen LogP contribution in [0.3, 0.4) is 0 Å². The van der Waals surface area contributed by atoms with E-state index in [1.807, 2.05) is 41.8 Å². The molecule has 1 aliphatic rings. The third-order valence-electron chi connectivity index (χ3n) is 5.03. The number of rotatable bonds is 7. The van der Waals surface area contributed by atoms with Gasteiger partial charge in [0.2, 0.25) is 11.8 Å². The lowest BCUT2D eigenvalue weighted by molar-refractivity contribution is -0.122. The molecule has 3 heterocycles. The second-order valence-electron chi connectivity index (χ2n) is 7.16. The van der Waals surface area contributed by atoms with E-state index < -0.39 is 0 Å². The van der Waals surface area contributed by atoms with E-state index in [9.17, 15) is 9.59 Å². The summed E-state index contributed by atoms with van der Waals surface area (Å²) in [5.74, 6) is -0.420. The van der Waals surface area contributed by atoms with Gasteiger partial charge in [0.15, 0.2) is 0 Å². The minimum Gasteiger partial charge on any atom is -0.368 e. The van der Waals surface area contributed by atoms with Crippen molar-refractivity contribution in [2.75, 3.05) is 11.9 Å². The number of amides is 2. The Hall–Kier alpha value is -2.26. The molecule has 0 spiro atoms. The lowest BCUT2D eigenvalue weighted by Gasteiger charge is -2.23. The smallest absolute Gasteiger partial charge is 0.234 e. The molecule has 1 unspecified atom stereocenters. The molecule has 0 bridgehead atoms. The normalized spacial score (nSPS) is 16.6. The molecule has 6 nitrogen and oxygen atoms in total. The van der Waals surface area contributed by atoms with Crippen molar-refractivity contribution in [2.45, 2.75) is 31.8 Å². The Bertz CT molecular complexity index is 1060. The Morgan fingerprint density at radius 3 is 2.87 bits per heavy atom. The van der Waals surface area contributed by atoms with Crippen molar-refractivity contribution in [3.8, 4) is 9.88 Å². The third kappa shape index (κ3) is 4.89. The number of thiazole rings is 1. The van der Waals surface area contributed by atoms with Gasteiger partial charge in [0.1, 0.15) is 5.01 Å². The Morgan fingerprint density at radius 1 is 1.27 bits per heavy atom. The summed E-state index contributed by atoms with van der Waals surface area (Å²) in [6.07, 6.45) is 1.92. The van der Waals surface area contributed by atoms with Gasteiger partial charge >= 0.3 is 0 Å². The van der Waals surface area contributed by atoms with Gasteiger partial charge in [-0.25, -0.2) is 4.98 Å². The van der Waals surface area contributed by atoms with E-state index in [1.54, 1.807) is 0 Å². The first kappa shape index (κ1) is 21.0. The highest BCUT2D eigenvalue weighted by molar-refractivity contribution is 7.23. The molecule has 4 rings (SSSR count). The van der Waals surface area contributed by atoms with Crippen LogP contribution in [0.15, 0.2) is 41.8 Å². The van der Waals surface area contributed by atoms with Crippen molar-refractivity contribution in [2.24, 2.45) is 5.73 Å². The summed E-state index contributed by atoms with van der Waals surface area (Å²) in [7, 11) is 0. The van der Waals surface area contributed by atoms with Crippen molar-refractivity contribution in [1.82, 2.24) is 9.88 Å². The number of nitrogens with one attached hydrogen (secondary N) is 1.